The first kappa shape index (κ1) is 14.3. The minimum absolute atomic E-state index is 0.0279. The van der Waals surface area contributed by atoms with Crippen LogP contribution in [-0.4, -0.2) is 47.8 Å². The third kappa shape index (κ3) is 3.08. The number of benzene rings is 1. The van der Waals surface area contributed by atoms with Gasteiger partial charge in [0.25, 0.3) is 0 Å². The zero-order valence-electron chi connectivity index (χ0n) is 11.5. The van der Waals surface area contributed by atoms with Crippen molar-refractivity contribution in [3.05, 3.63) is 29.8 Å². The van der Waals surface area contributed by atoms with Gasteiger partial charge in [-0.15, -0.1) is 0 Å². The van der Waals surface area contributed by atoms with Crippen LogP contribution < -0.4 is 5.32 Å². The minimum Gasteiger partial charge on any atom is -0.478 e. The Morgan fingerprint density at radius 2 is 2.00 bits per heavy atom. The standard InChI is InChI=1S/C14H18N2O4/c1-9-12(7-8-20-9)16(2)14(19)15-11-5-3-10(4-6-11)13(17)18/h3-6,9,12H,7-8H2,1-2H3,(H,15,19)(H,17,18). The number of hydrogen-bond donors (Lipinski definition) is 2. The molecule has 1 aromatic carbocycles. The maximum Gasteiger partial charge on any atom is 0.335 e. The predicted octanol–water partition coefficient (Wildman–Crippen LogP) is 2.03. The van der Waals surface area contributed by atoms with Crippen LogP contribution in [0.15, 0.2) is 24.3 Å². The number of nitrogens with zero attached hydrogens (tertiary/aromatic N) is 1. The number of urea groups is 1. The van der Waals surface area contributed by atoms with Gasteiger partial charge < -0.3 is 20.1 Å². The molecule has 1 fully saturated rings. The Balaban J connectivity index is 1.98. The molecule has 108 valence electrons. The second kappa shape index (κ2) is 5.92. The van der Waals surface area contributed by atoms with Crippen molar-refractivity contribution < 1.29 is 19.4 Å². The Labute approximate surface area is 117 Å². The van der Waals surface area contributed by atoms with Crippen molar-refractivity contribution in [3.8, 4) is 0 Å². The molecule has 6 heteroatoms. The van der Waals surface area contributed by atoms with E-state index in [-0.39, 0.29) is 23.7 Å². The van der Waals surface area contributed by atoms with Gasteiger partial charge in [0.15, 0.2) is 0 Å². The van der Waals surface area contributed by atoms with E-state index in [2.05, 4.69) is 5.32 Å². The van der Waals surface area contributed by atoms with E-state index >= 15 is 0 Å². The fourth-order valence-electron chi connectivity index (χ4n) is 2.29. The van der Waals surface area contributed by atoms with Crippen LogP contribution in [0.2, 0.25) is 0 Å². The molecular weight excluding hydrogens is 260 g/mol. The number of nitrogens with one attached hydrogen (secondary N) is 1. The number of carboxylic acid groups (broad SMARTS) is 1. The first-order valence-corrected chi connectivity index (χ1v) is 6.48. The number of carboxylic acids is 1. The first-order valence-electron chi connectivity index (χ1n) is 6.48. The molecule has 1 aliphatic rings. The summed E-state index contributed by atoms with van der Waals surface area (Å²) in [5.41, 5.74) is 0.757. The lowest BCUT2D eigenvalue weighted by atomic mass is 10.1. The van der Waals surface area contributed by atoms with Crippen LogP contribution >= 0.6 is 0 Å². The van der Waals surface area contributed by atoms with Crippen LogP contribution in [0.4, 0.5) is 10.5 Å². The van der Waals surface area contributed by atoms with Crippen LogP contribution in [0.5, 0.6) is 0 Å². The van der Waals surface area contributed by atoms with Gasteiger partial charge in [-0.1, -0.05) is 0 Å². The summed E-state index contributed by atoms with van der Waals surface area (Å²) in [5, 5.41) is 11.6. The van der Waals surface area contributed by atoms with Crippen molar-refractivity contribution in [2.45, 2.75) is 25.5 Å². The molecule has 0 bridgehead atoms. The summed E-state index contributed by atoms with van der Waals surface area (Å²) in [5.74, 6) is -0.989. The summed E-state index contributed by atoms with van der Waals surface area (Å²) in [7, 11) is 1.73. The highest BCUT2D eigenvalue weighted by molar-refractivity contribution is 5.91. The molecular formula is C14H18N2O4. The Bertz CT molecular complexity index is 500. The van der Waals surface area contributed by atoms with E-state index in [4.69, 9.17) is 9.84 Å². The number of hydrogen-bond acceptors (Lipinski definition) is 3. The van der Waals surface area contributed by atoms with Crippen molar-refractivity contribution in [1.82, 2.24) is 4.90 Å². The molecule has 0 spiro atoms. The van der Waals surface area contributed by atoms with Gasteiger partial charge in [0, 0.05) is 19.3 Å². The molecule has 2 atom stereocenters. The molecule has 0 aromatic heterocycles. The van der Waals surface area contributed by atoms with Gasteiger partial charge in [-0.3, -0.25) is 0 Å². The molecule has 2 unspecified atom stereocenters. The third-order valence-electron chi connectivity index (χ3n) is 3.54. The minimum atomic E-state index is -0.989. The number of amides is 2. The Morgan fingerprint density at radius 3 is 2.50 bits per heavy atom. The third-order valence-corrected chi connectivity index (χ3v) is 3.54. The van der Waals surface area contributed by atoms with Crippen molar-refractivity contribution in [3.63, 3.8) is 0 Å². The van der Waals surface area contributed by atoms with E-state index in [0.29, 0.717) is 12.3 Å². The largest absolute Gasteiger partial charge is 0.478 e. The van der Waals surface area contributed by atoms with E-state index in [1.165, 1.54) is 12.1 Å². The summed E-state index contributed by atoms with van der Waals surface area (Å²) in [6.45, 7) is 2.61. The number of likely N-dealkylation sites (N-methyl/N-ethyl adjacent to an activating group) is 1. The molecule has 2 rings (SSSR count). The van der Waals surface area contributed by atoms with E-state index in [1.807, 2.05) is 6.92 Å². The van der Waals surface area contributed by atoms with Gasteiger partial charge in [0.05, 0.1) is 17.7 Å². The van der Waals surface area contributed by atoms with Crippen molar-refractivity contribution in [2.24, 2.45) is 0 Å². The van der Waals surface area contributed by atoms with E-state index < -0.39 is 5.97 Å². The number of aromatic carboxylic acids is 1. The molecule has 2 N–H and O–H groups in total. The Morgan fingerprint density at radius 1 is 1.35 bits per heavy atom. The van der Waals surface area contributed by atoms with Crippen LogP contribution in [0.3, 0.4) is 0 Å². The normalized spacial score (nSPS) is 21.5. The fraction of sp³-hybridized carbons (Fsp3) is 0.429. The number of ether oxygens (including phenoxy) is 1. The molecule has 1 aromatic rings. The number of rotatable bonds is 3. The van der Waals surface area contributed by atoms with Crippen LogP contribution in [0.1, 0.15) is 23.7 Å². The zero-order chi connectivity index (χ0) is 14.7. The van der Waals surface area contributed by atoms with E-state index in [0.717, 1.165) is 6.42 Å². The smallest absolute Gasteiger partial charge is 0.335 e. The number of carbonyl (C=O) groups excluding carboxylic acids is 1. The summed E-state index contributed by atoms with van der Waals surface area (Å²) in [6.07, 6.45) is 0.850. The second-order valence-electron chi connectivity index (χ2n) is 4.86. The first-order chi connectivity index (χ1) is 9.49. The molecule has 6 nitrogen and oxygen atoms in total. The summed E-state index contributed by atoms with van der Waals surface area (Å²) in [4.78, 5) is 24.5. The maximum atomic E-state index is 12.1. The van der Waals surface area contributed by atoms with Gasteiger partial charge in [-0.2, -0.15) is 0 Å². The van der Waals surface area contributed by atoms with Gasteiger partial charge in [0.1, 0.15) is 0 Å². The number of anilines is 1. The molecule has 20 heavy (non-hydrogen) atoms. The Kier molecular flexibility index (Phi) is 4.24. The van der Waals surface area contributed by atoms with E-state index in [9.17, 15) is 9.59 Å². The quantitative estimate of drug-likeness (QED) is 0.886. The average molecular weight is 278 g/mol. The van der Waals surface area contributed by atoms with Crippen LogP contribution in [0, 0.1) is 0 Å². The summed E-state index contributed by atoms with van der Waals surface area (Å²) in [6, 6.07) is 5.90. The highest BCUT2D eigenvalue weighted by Gasteiger charge is 2.30. The second-order valence-corrected chi connectivity index (χ2v) is 4.86. The fourth-order valence-corrected chi connectivity index (χ4v) is 2.29. The highest BCUT2D eigenvalue weighted by atomic mass is 16.5. The van der Waals surface area contributed by atoms with Gasteiger partial charge >= 0.3 is 12.0 Å². The molecule has 2 amide bonds. The lowest BCUT2D eigenvalue weighted by molar-refractivity contribution is 0.0697. The Hall–Kier alpha value is -2.08. The van der Waals surface area contributed by atoms with Crippen LogP contribution in [0.25, 0.3) is 0 Å². The van der Waals surface area contributed by atoms with E-state index in [1.54, 1.807) is 24.1 Å². The summed E-state index contributed by atoms with van der Waals surface area (Å²) >= 11 is 0. The topological polar surface area (TPSA) is 78.9 Å². The van der Waals surface area contributed by atoms with Crippen molar-refractivity contribution in [1.29, 1.82) is 0 Å². The average Bonchev–Trinajstić information content (AvgIpc) is 2.84. The molecule has 1 heterocycles. The number of carbonyl (C=O) groups is 2. The lowest BCUT2D eigenvalue weighted by Gasteiger charge is -2.26. The molecule has 1 saturated heterocycles. The molecule has 0 aliphatic carbocycles. The highest BCUT2D eigenvalue weighted by Crippen LogP contribution is 2.19. The zero-order valence-corrected chi connectivity index (χ0v) is 11.5. The van der Waals surface area contributed by atoms with Gasteiger partial charge in [-0.25, -0.2) is 9.59 Å². The van der Waals surface area contributed by atoms with Gasteiger partial charge in [0.2, 0.25) is 0 Å². The van der Waals surface area contributed by atoms with Gasteiger partial charge in [-0.05, 0) is 37.6 Å². The van der Waals surface area contributed by atoms with Crippen molar-refractivity contribution in [2.75, 3.05) is 19.0 Å². The molecule has 1 aliphatic heterocycles. The summed E-state index contributed by atoms with van der Waals surface area (Å²) < 4.78 is 5.44. The maximum absolute atomic E-state index is 12.1. The predicted molar refractivity (Wildman–Crippen MR) is 74.0 cm³/mol. The monoisotopic (exact) mass is 278 g/mol. The van der Waals surface area contributed by atoms with Crippen LogP contribution in [-0.2, 0) is 4.74 Å². The molecule has 0 saturated carbocycles. The SMILES string of the molecule is CC1OCCC1N(C)C(=O)Nc1ccc(C(=O)O)cc1. The van der Waals surface area contributed by atoms with Crippen molar-refractivity contribution >= 4 is 17.7 Å². The molecule has 0 radical (unpaired) electrons. The lowest BCUT2D eigenvalue weighted by Crippen LogP contribution is -2.43.